The molecule has 3 aromatic rings. The Kier molecular flexibility index (Phi) is 4.44. The van der Waals surface area contributed by atoms with Crippen LogP contribution in [0.15, 0.2) is 34.9 Å². The average Bonchev–Trinajstić information content (AvgIpc) is 3.06. The van der Waals surface area contributed by atoms with E-state index in [1.165, 1.54) is 0 Å². The van der Waals surface area contributed by atoms with Gasteiger partial charge in [-0.1, -0.05) is 28.9 Å². The normalized spacial score (nSPS) is 19.2. The van der Waals surface area contributed by atoms with Crippen molar-refractivity contribution in [3.05, 3.63) is 46.9 Å². The van der Waals surface area contributed by atoms with E-state index in [9.17, 15) is 0 Å². The Labute approximate surface area is 155 Å². The number of hydrogen-bond donors (Lipinski definition) is 3. The summed E-state index contributed by atoms with van der Waals surface area (Å²) >= 11 is 6.16. The van der Waals surface area contributed by atoms with E-state index in [1.54, 1.807) is 6.07 Å². The average molecular weight is 372 g/mol. The zero-order valence-electron chi connectivity index (χ0n) is 13.9. The highest BCUT2D eigenvalue weighted by Gasteiger charge is 2.29. The summed E-state index contributed by atoms with van der Waals surface area (Å²) in [5.74, 6) is 2.05. The number of nitrogen functional groups attached to an aromatic ring is 1. The highest BCUT2D eigenvalue weighted by atomic mass is 35.5. The van der Waals surface area contributed by atoms with Crippen molar-refractivity contribution in [3.63, 3.8) is 0 Å². The summed E-state index contributed by atoms with van der Waals surface area (Å²) in [5.41, 5.74) is 13.3. The molecule has 1 aliphatic rings. The third kappa shape index (κ3) is 3.47. The number of benzene rings is 1. The van der Waals surface area contributed by atoms with Gasteiger partial charge in [0, 0.05) is 23.6 Å². The molecule has 4 rings (SSSR count). The minimum Gasteiger partial charge on any atom is -0.368 e. The molecule has 2 heterocycles. The summed E-state index contributed by atoms with van der Waals surface area (Å²) in [7, 11) is 0. The quantitative estimate of drug-likeness (QED) is 0.624. The second kappa shape index (κ2) is 6.89. The predicted molar refractivity (Wildman–Crippen MR) is 98.5 cm³/mol. The number of halogens is 1. The first-order valence-corrected chi connectivity index (χ1v) is 8.67. The van der Waals surface area contributed by atoms with Crippen molar-refractivity contribution in [1.82, 2.24) is 20.1 Å². The van der Waals surface area contributed by atoms with Gasteiger partial charge in [0.05, 0.1) is 17.3 Å². The van der Waals surface area contributed by atoms with Gasteiger partial charge in [-0.05, 0) is 25.0 Å². The van der Waals surface area contributed by atoms with Crippen LogP contribution >= 0.6 is 11.6 Å². The molecule has 8 nitrogen and oxygen atoms in total. The van der Waals surface area contributed by atoms with Gasteiger partial charge in [-0.2, -0.15) is 9.97 Å². The Morgan fingerprint density at radius 2 is 2.00 bits per heavy atom. The van der Waals surface area contributed by atoms with Crippen LogP contribution in [-0.2, 0) is 6.54 Å². The fourth-order valence-corrected chi connectivity index (χ4v) is 3.15. The van der Waals surface area contributed by atoms with Crippen molar-refractivity contribution >= 4 is 23.4 Å². The van der Waals surface area contributed by atoms with E-state index < -0.39 is 0 Å². The van der Waals surface area contributed by atoms with Gasteiger partial charge in [-0.3, -0.25) is 0 Å². The highest BCUT2D eigenvalue weighted by molar-refractivity contribution is 6.33. The molecule has 0 aliphatic heterocycles. The molecule has 0 radical (unpaired) electrons. The fraction of sp³-hybridized carbons (Fsp3) is 0.294. The van der Waals surface area contributed by atoms with Gasteiger partial charge < -0.3 is 21.3 Å². The van der Waals surface area contributed by atoms with Gasteiger partial charge in [0.25, 0.3) is 0 Å². The Balaban J connectivity index is 1.46. The molecule has 0 bridgehead atoms. The van der Waals surface area contributed by atoms with Crippen LogP contribution in [0.1, 0.15) is 30.3 Å². The molecule has 0 unspecified atom stereocenters. The molecule has 9 heteroatoms. The topological polar surface area (TPSA) is 129 Å². The zero-order chi connectivity index (χ0) is 18.1. The molecule has 1 fully saturated rings. The third-order valence-corrected chi connectivity index (χ3v) is 4.69. The number of nitrogens with zero attached hydrogens (tertiary/aromatic N) is 4. The second-order valence-electron chi connectivity index (χ2n) is 6.31. The lowest BCUT2D eigenvalue weighted by Gasteiger charge is -2.32. The zero-order valence-corrected chi connectivity index (χ0v) is 14.6. The van der Waals surface area contributed by atoms with Crippen LogP contribution in [0.2, 0.25) is 5.02 Å². The Morgan fingerprint density at radius 3 is 2.77 bits per heavy atom. The molecule has 26 heavy (non-hydrogen) atoms. The first-order valence-electron chi connectivity index (χ1n) is 8.30. The minimum atomic E-state index is 0.229. The van der Waals surface area contributed by atoms with Crippen LogP contribution in [0.25, 0.3) is 11.4 Å². The van der Waals surface area contributed by atoms with E-state index in [2.05, 4.69) is 25.4 Å². The summed E-state index contributed by atoms with van der Waals surface area (Å²) in [6, 6.07) is 9.47. The molecular formula is C17H18ClN7O. The van der Waals surface area contributed by atoms with Crippen LogP contribution < -0.4 is 16.8 Å². The molecule has 0 atom stereocenters. The van der Waals surface area contributed by atoms with Gasteiger partial charge in [0.1, 0.15) is 5.82 Å². The van der Waals surface area contributed by atoms with Crippen molar-refractivity contribution < 1.29 is 4.52 Å². The van der Waals surface area contributed by atoms with Crippen molar-refractivity contribution in [3.8, 4) is 11.4 Å². The highest BCUT2D eigenvalue weighted by Crippen LogP contribution is 2.35. The predicted octanol–water partition coefficient (Wildman–Crippen LogP) is 2.58. The first kappa shape index (κ1) is 16.7. The summed E-state index contributed by atoms with van der Waals surface area (Å²) < 4.78 is 5.28. The maximum atomic E-state index is 6.16. The number of nitrogens with one attached hydrogen (secondary N) is 1. The molecule has 134 valence electrons. The third-order valence-electron chi connectivity index (χ3n) is 4.36. The van der Waals surface area contributed by atoms with Crippen LogP contribution in [0.4, 0.5) is 11.8 Å². The van der Waals surface area contributed by atoms with E-state index in [0.717, 1.165) is 24.1 Å². The molecule has 2 aromatic heterocycles. The Hall–Kier alpha value is -2.71. The number of aromatic nitrogens is 4. The maximum Gasteiger partial charge on any atom is 0.246 e. The van der Waals surface area contributed by atoms with Crippen molar-refractivity contribution in [2.45, 2.75) is 31.3 Å². The maximum absolute atomic E-state index is 6.16. The van der Waals surface area contributed by atoms with Crippen LogP contribution in [0.3, 0.4) is 0 Å². The molecule has 0 saturated heterocycles. The van der Waals surface area contributed by atoms with E-state index in [4.69, 9.17) is 27.6 Å². The molecule has 1 aliphatic carbocycles. The van der Waals surface area contributed by atoms with Crippen molar-refractivity contribution in [2.75, 3.05) is 11.1 Å². The SMILES string of the molecule is Nc1nc(NCc2nc(-c3ccccc3Cl)no2)cc(C2CC(N)C2)n1. The van der Waals surface area contributed by atoms with Gasteiger partial charge in [0.15, 0.2) is 0 Å². The molecule has 0 amide bonds. The van der Waals surface area contributed by atoms with Gasteiger partial charge in [0.2, 0.25) is 17.7 Å². The second-order valence-corrected chi connectivity index (χ2v) is 6.72. The van der Waals surface area contributed by atoms with Crippen LogP contribution in [0.5, 0.6) is 0 Å². The Morgan fingerprint density at radius 1 is 1.19 bits per heavy atom. The lowest BCUT2D eigenvalue weighted by molar-refractivity contribution is 0.345. The summed E-state index contributed by atoms with van der Waals surface area (Å²) in [5, 5.41) is 7.69. The summed E-state index contributed by atoms with van der Waals surface area (Å²) in [6.45, 7) is 0.317. The Bertz CT molecular complexity index is 923. The summed E-state index contributed by atoms with van der Waals surface area (Å²) in [4.78, 5) is 12.9. The fourth-order valence-electron chi connectivity index (χ4n) is 2.93. The smallest absolute Gasteiger partial charge is 0.246 e. The van der Waals surface area contributed by atoms with Gasteiger partial charge >= 0.3 is 0 Å². The van der Waals surface area contributed by atoms with E-state index >= 15 is 0 Å². The summed E-state index contributed by atoms with van der Waals surface area (Å²) in [6.07, 6.45) is 1.83. The lowest BCUT2D eigenvalue weighted by Crippen LogP contribution is -2.35. The first-order chi connectivity index (χ1) is 12.6. The number of anilines is 2. The van der Waals surface area contributed by atoms with Gasteiger partial charge in [-0.25, -0.2) is 4.98 Å². The number of rotatable bonds is 5. The van der Waals surface area contributed by atoms with Crippen molar-refractivity contribution in [1.29, 1.82) is 0 Å². The number of nitrogens with two attached hydrogens (primary N) is 2. The lowest BCUT2D eigenvalue weighted by atomic mass is 9.78. The monoisotopic (exact) mass is 371 g/mol. The van der Waals surface area contributed by atoms with Crippen LogP contribution in [-0.4, -0.2) is 26.2 Å². The van der Waals surface area contributed by atoms with Crippen molar-refractivity contribution in [2.24, 2.45) is 5.73 Å². The van der Waals surface area contributed by atoms with E-state index in [1.807, 2.05) is 24.3 Å². The van der Waals surface area contributed by atoms with Gasteiger partial charge in [-0.15, -0.1) is 0 Å². The molecular weight excluding hydrogens is 354 g/mol. The molecule has 5 N–H and O–H groups in total. The molecule has 1 saturated carbocycles. The number of hydrogen-bond acceptors (Lipinski definition) is 8. The largest absolute Gasteiger partial charge is 0.368 e. The van der Waals surface area contributed by atoms with Crippen LogP contribution in [0, 0.1) is 0 Å². The van der Waals surface area contributed by atoms with E-state index in [-0.39, 0.29) is 12.0 Å². The van der Waals surface area contributed by atoms with E-state index in [0.29, 0.717) is 35.0 Å². The molecule has 1 aromatic carbocycles. The molecule has 0 spiro atoms. The minimum absolute atomic E-state index is 0.229. The standard InChI is InChI=1S/C17H18ClN7O/c18-12-4-2-1-3-11(12)16-24-15(26-25-16)8-21-14-7-13(22-17(20)23-14)9-5-10(19)6-9/h1-4,7,9-10H,5-6,8,19H2,(H3,20,21,22,23).